The molecule has 0 radical (unpaired) electrons. The van der Waals surface area contributed by atoms with E-state index in [1.807, 2.05) is 0 Å². The standard InChI is InChI=1S/C15H15ClN2O3/c1-20-14-7-4-12(16)8-11(14)9-21-13-5-2-10(3-6-13)15(17)18-19/h2-8,19H,9H2,1H3,(H2,17,18). The predicted octanol–water partition coefficient (Wildman–Crippen LogP) is 3.02. The van der Waals surface area contributed by atoms with Crippen molar-refractivity contribution in [2.45, 2.75) is 6.61 Å². The van der Waals surface area contributed by atoms with Gasteiger partial charge in [-0.1, -0.05) is 16.8 Å². The third-order valence-electron chi connectivity index (χ3n) is 2.89. The lowest BCUT2D eigenvalue weighted by Crippen LogP contribution is -2.12. The first-order chi connectivity index (χ1) is 10.1. The summed E-state index contributed by atoms with van der Waals surface area (Å²) in [4.78, 5) is 0. The fourth-order valence-electron chi connectivity index (χ4n) is 1.80. The number of halogens is 1. The van der Waals surface area contributed by atoms with Crippen LogP contribution in [0.4, 0.5) is 0 Å². The third-order valence-corrected chi connectivity index (χ3v) is 3.13. The minimum atomic E-state index is 0.0538. The number of methoxy groups -OCH3 is 1. The topological polar surface area (TPSA) is 77.1 Å². The molecule has 0 aromatic heterocycles. The van der Waals surface area contributed by atoms with Gasteiger partial charge < -0.3 is 20.4 Å². The molecule has 21 heavy (non-hydrogen) atoms. The molecular formula is C15H15ClN2O3. The second-order valence-corrected chi connectivity index (χ2v) is 4.69. The minimum Gasteiger partial charge on any atom is -0.496 e. The maximum Gasteiger partial charge on any atom is 0.170 e. The number of hydrogen-bond donors (Lipinski definition) is 2. The van der Waals surface area contributed by atoms with Crippen molar-refractivity contribution < 1.29 is 14.7 Å². The Kier molecular flexibility index (Phi) is 4.90. The van der Waals surface area contributed by atoms with Gasteiger partial charge in [-0.2, -0.15) is 0 Å². The molecule has 5 nitrogen and oxygen atoms in total. The van der Waals surface area contributed by atoms with E-state index in [-0.39, 0.29) is 5.84 Å². The largest absolute Gasteiger partial charge is 0.496 e. The van der Waals surface area contributed by atoms with Crippen LogP contribution in [-0.2, 0) is 6.61 Å². The average Bonchev–Trinajstić information content (AvgIpc) is 2.52. The Hall–Kier alpha value is -2.40. The van der Waals surface area contributed by atoms with Crippen molar-refractivity contribution in [2.75, 3.05) is 7.11 Å². The first kappa shape index (κ1) is 15.0. The van der Waals surface area contributed by atoms with Crippen LogP contribution in [0.15, 0.2) is 47.6 Å². The Morgan fingerprint density at radius 3 is 2.57 bits per heavy atom. The molecule has 0 fully saturated rings. The summed E-state index contributed by atoms with van der Waals surface area (Å²) >= 11 is 5.97. The van der Waals surface area contributed by atoms with E-state index < -0.39 is 0 Å². The van der Waals surface area contributed by atoms with E-state index in [1.54, 1.807) is 49.6 Å². The first-order valence-electron chi connectivity index (χ1n) is 6.17. The van der Waals surface area contributed by atoms with Gasteiger partial charge in [0.15, 0.2) is 5.84 Å². The van der Waals surface area contributed by atoms with Crippen molar-refractivity contribution in [3.05, 3.63) is 58.6 Å². The zero-order chi connectivity index (χ0) is 15.2. The van der Waals surface area contributed by atoms with Gasteiger partial charge in [-0.25, -0.2) is 0 Å². The number of rotatable bonds is 5. The fraction of sp³-hybridized carbons (Fsp3) is 0.133. The molecule has 2 aromatic carbocycles. The van der Waals surface area contributed by atoms with Crippen LogP contribution in [0.1, 0.15) is 11.1 Å². The van der Waals surface area contributed by atoms with E-state index in [0.29, 0.717) is 28.7 Å². The summed E-state index contributed by atoms with van der Waals surface area (Å²) in [5.41, 5.74) is 6.96. The molecule has 3 N–H and O–H groups in total. The fourth-order valence-corrected chi connectivity index (χ4v) is 2.00. The van der Waals surface area contributed by atoms with Gasteiger partial charge in [0, 0.05) is 16.1 Å². The molecule has 0 aliphatic carbocycles. The normalized spacial score (nSPS) is 11.2. The molecule has 0 spiro atoms. The van der Waals surface area contributed by atoms with Crippen LogP contribution >= 0.6 is 11.6 Å². The predicted molar refractivity (Wildman–Crippen MR) is 81.3 cm³/mol. The SMILES string of the molecule is COc1ccc(Cl)cc1COc1ccc(/C(N)=N/O)cc1. The Balaban J connectivity index is 2.08. The first-order valence-corrected chi connectivity index (χ1v) is 6.55. The van der Waals surface area contributed by atoms with Crippen molar-refractivity contribution in [3.8, 4) is 11.5 Å². The highest BCUT2D eigenvalue weighted by Crippen LogP contribution is 2.24. The summed E-state index contributed by atoms with van der Waals surface area (Å²) in [7, 11) is 1.60. The Morgan fingerprint density at radius 1 is 1.24 bits per heavy atom. The second-order valence-electron chi connectivity index (χ2n) is 4.25. The molecule has 0 amide bonds. The summed E-state index contributed by atoms with van der Waals surface area (Å²) in [6, 6.07) is 12.2. The number of hydrogen-bond acceptors (Lipinski definition) is 4. The summed E-state index contributed by atoms with van der Waals surface area (Å²) in [6.07, 6.45) is 0. The van der Waals surface area contributed by atoms with E-state index in [1.165, 1.54) is 0 Å². The summed E-state index contributed by atoms with van der Waals surface area (Å²) < 4.78 is 10.9. The molecule has 0 saturated carbocycles. The van der Waals surface area contributed by atoms with E-state index in [0.717, 1.165) is 5.56 Å². The van der Waals surface area contributed by atoms with Gasteiger partial charge in [-0.15, -0.1) is 0 Å². The monoisotopic (exact) mass is 306 g/mol. The smallest absolute Gasteiger partial charge is 0.170 e. The zero-order valence-electron chi connectivity index (χ0n) is 11.4. The quantitative estimate of drug-likeness (QED) is 0.385. The molecule has 0 heterocycles. The van der Waals surface area contributed by atoms with Crippen molar-refractivity contribution in [3.63, 3.8) is 0 Å². The van der Waals surface area contributed by atoms with Crippen molar-refractivity contribution in [1.29, 1.82) is 0 Å². The van der Waals surface area contributed by atoms with Crippen LogP contribution in [0, 0.1) is 0 Å². The molecule has 0 atom stereocenters. The number of oxime groups is 1. The Morgan fingerprint density at radius 2 is 1.95 bits per heavy atom. The van der Waals surface area contributed by atoms with Crippen LogP contribution in [0.25, 0.3) is 0 Å². The molecule has 0 saturated heterocycles. The Labute approximate surface area is 127 Å². The van der Waals surface area contributed by atoms with E-state index in [4.69, 9.17) is 32.0 Å². The van der Waals surface area contributed by atoms with Crippen molar-refractivity contribution >= 4 is 17.4 Å². The third kappa shape index (κ3) is 3.79. The lowest BCUT2D eigenvalue weighted by Gasteiger charge is -2.11. The maximum absolute atomic E-state index is 8.60. The van der Waals surface area contributed by atoms with Crippen LogP contribution in [-0.4, -0.2) is 18.2 Å². The van der Waals surface area contributed by atoms with Crippen LogP contribution < -0.4 is 15.2 Å². The Bertz CT molecular complexity index is 642. The molecule has 0 aliphatic heterocycles. The van der Waals surface area contributed by atoms with Gasteiger partial charge in [0.2, 0.25) is 0 Å². The van der Waals surface area contributed by atoms with Crippen LogP contribution in [0.2, 0.25) is 5.02 Å². The van der Waals surface area contributed by atoms with Crippen LogP contribution in [0.3, 0.4) is 0 Å². The summed E-state index contributed by atoms with van der Waals surface area (Å²) in [6.45, 7) is 0.326. The van der Waals surface area contributed by atoms with Gasteiger partial charge in [-0.3, -0.25) is 0 Å². The highest BCUT2D eigenvalue weighted by Gasteiger charge is 2.05. The lowest BCUT2D eigenvalue weighted by atomic mass is 10.2. The molecule has 6 heteroatoms. The number of amidine groups is 1. The minimum absolute atomic E-state index is 0.0538. The number of nitrogens with zero attached hydrogens (tertiary/aromatic N) is 1. The van der Waals surface area contributed by atoms with E-state index in [2.05, 4.69) is 5.16 Å². The lowest BCUT2D eigenvalue weighted by molar-refractivity contribution is 0.296. The number of ether oxygens (including phenoxy) is 2. The van der Waals surface area contributed by atoms with Gasteiger partial charge in [-0.05, 0) is 42.5 Å². The highest BCUT2D eigenvalue weighted by molar-refractivity contribution is 6.30. The molecule has 2 rings (SSSR count). The van der Waals surface area contributed by atoms with E-state index >= 15 is 0 Å². The molecule has 0 bridgehead atoms. The number of benzene rings is 2. The molecule has 2 aromatic rings. The van der Waals surface area contributed by atoms with Gasteiger partial charge in [0.1, 0.15) is 18.1 Å². The zero-order valence-corrected chi connectivity index (χ0v) is 12.2. The summed E-state index contributed by atoms with van der Waals surface area (Å²) in [5.74, 6) is 1.43. The molecule has 0 aliphatic rings. The van der Waals surface area contributed by atoms with Crippen LogP contribution in [0.5, 0.6) is 11.5 Å². The van der Waals surface area contributed by atoms with Crippen molar-refractivity contribution in [1.82, 2.24) is 0 Å². The molecule has 110 valence electrons. The molecule has 0 unspecified atom stereocenters. The van der Waals surface area contributed by atoms with Gasteiger partial charge in [0.05, 0.1) is 7.11 Å². The highest BCUT2D eigenvalue weighted by atomic mass is 35.5. The van der Waals surface area contributed by atoms with E-state index in [9.17, 15) is 0 Å². The van der Waals surface area contributed by atoms with Gasteiger partial charge in [0.25, 0.3) is 0 Å². The second kappa shape index (κ2) is 6.85. The van der Waals surface area contributed by atoms with Gasteiger partial charge >= 0.3 is 0 Å². The summed E-state index contributed by atoms with van der Waals surface area (Å²) in [5, 5.41) is 12.2. The van der Waals surface area contributed by atoms with Crippen molar-refractivity contribution in [2.24, 2.45) is 10.9 Å². The number of nitrogens with two attached hydrogens (primary N) is 1. The average molecular weight is 307 g/mol. The molecular weight excluding hydrogens is 292 g/mol. The maximum atomic E-state index is 8.60.